The first kappa shape index (κ1) is 26.5. The fourth-order valence-corrected chi connectivity index (χ4v) is 5.18. The lowest BCUT2D eigenvalue weighted by Crippen LogP contribution is -2.36. The standard InChI is InChI=1S/C25H16Cl2FIN2O4S/c26-16-3-2-15(19(27)11-16)13-35-21-8-1-14(9-20(21)29)10-22-24(33)31(25(34)36-22)12-23(32)30-18-6-4-17(28)5-7-18/h1-11H,12-13H2,(H,30,32)/b22-10-. The predicted octanol–water partition coefficient (Wildman–Crippen LogP) is 6.99. The Morgan fingerprint density at radius 1 is 1.08 bits per heavy atom. The molecule has 0 aliphatic carbocycles. The summed E-state index contributed by atoms with van der Waals surface area (Å²) in [5.41, 5.74) is 1.84. The van der Waals surface area contributed by atoms with Crippen LogP contribution in [0, 0.1) is 9.39 Å². The van der Waals surface area contributed by atoms with Crippen molar-refractivity contribution in [1.82, 2.24) is 4.90 Å². The first-order chi connectivity index (χ1) is 17.2. The van der Waals surface area contributed by atoms with Crippen molar-refractivity contribution in [2.45, 2.75) is 6.61 Å². The number of benzene rings is 3. The largest absolute Gasteiger partial charge is 0.488 e. The number of nitrogens with one attached hydrogen (secondary N) is 1. The molecule has 0 atom stereocenters. The Morgan fingerprint density at radius 2 is 1.83 bits per heavy atom. The van der Waals surface area contributed by atoms with Gasteiger partial charge in [-0.3, -0.25) is 19.3 Å². The van der Waals surface area contributed by atoms with Crippen LogP contribution in [0.25, 0.3) is 6.08 Å². The van der Waals surface area contributed by atoms with Gasteiger partial charge in [0.25, 0.3) is 11.1 Å². The van der Waals surface area contributed by atoms with Crippen LogP contribution in [-0.4, -0.2) is 28.5 Å². The summed E-state index contributed by atoms with van der Waals surface area (Å²) < 4.78 is 19.7. The summed E-state index contributed by atoms with van der Waals surface area (Å²) in [7, 11) is 0. The zero-order chi connectivity index (χ0) is 25.8. The molecule has 36 heavy (non-hydrogen) atoms. The smallest absolute Gasteiger partial charge is 0.294 e. The van der Waals surface area contributed by atoms with Gasteiger partial charge in [0, 0.05) is 21.3 Å². The summed E-state index contributed by atoms with van der Waals surface area (Å²) in [6.07, 6.45) is 1.59. The molecule has 1 heterocycles. The van der Waals surface area contributed by atoms with Crippen LogP contribution in [0.2, 0.25) is 10.0 Å². The topological polar surface area (TPSA) is 75.7 Å². The number of ether oxygens (including phenoxy) is 1. The molecule has 184 valence electrons. The molecule has 1 N–H and O–H groups in total. The van der Waals surface area contributed by atoms with E-state index in [4.69, 9.17) is 27.9 Å². The second kappa shape index (κ2) is 11.6. The van der Waals surface area contributed by atoms with Gasteiger partial charge < -0.3 is 10.1 Å². The molecule has 0 aromatic heterocycles. The maximum Gasteiger partial charge on any atom is 0.294 e. The van der Waals surface area contributed by atoms with Crippen LogP contribution in [0.15, 0.2) is 65.6 Å². The van der Waals surface area contributed by atoms with E-state index in [9.17, 15) is 18.8 Å². The number of nitrogens with zero attached hydrogens (tertiary/aromatic N) is 1. The summed E-state index contributed by atoms with van der Waals surface area (Å²) in [4.78, 5) is 38.5. The van der Waals surface area contributed by atoms with Gasteiger partial charge in [-0.05, 0) is 94.5 Å². The number of hydrogen-bond acceptors (Lipinski definition) is 5. The average Bonchev–Trinajstić information content (AvgIpc) is 3.08. The van der Waals surface area contributed by atoms with E-state index in [1.807, 2.05) is 6.07 Å². The van der Waals surface area contributed by atoms with Crippen LogP contribution in [0.4, 0.5) is 14.9 Å². The molecule has 4 rings (SSSR count). The van der Waals surface area contributed by atoms with Crippen molar-refractivity contribution in [1.29, 1.82) is 0 Å². The third-order valence-corrected chi connectivity index (χ3v) is 7.29. The van der Waals surface area contributed by atoms with Crippen molar-refractivity contribution < 1.29 is 23.5 Å². The van der Waals surface area contributed by atoms with Crippen LogP contribution in [0.1, 0.15) is 11.1 Å². The Bertz CT molecular complexity index is 1380. The number of thioether (sulfide) groups is 1. The van der Waals surface area contributed by atoms with Gasteiger partial charge in [0.05, 0.1) is 8.48 Å². The van der Waals surface area contributed by atoms with E-state index < -0.39 is 29.4 Å². The minimum absolute atomic E-state index is 0.201. The van der Waals surface area contributed by atoms with E-state index >= 15 is 0 Å². The van der Waals surface area contributed by atoms with E-state index in [0.717, 1.165) is 25.8 Å². The molecule has 6 nitrogen and oxygen atoms in total. The molecule has 1 aliphatic rings. The van der Waals surface area contributed by atoms with Crippen molar-refractivity contribution in [2.24, 2.45) is 0 Å². The van der Waals surface area contributed by atoms with Gasteiger partial charge in [-0.1, -0.05) is 35.3 Å². The number of imide groups is 1. The number of carbonyl (C=O) groups is 3. The summed E-state index contributed by atoms with van der Waals surface area (Å²) in [5, 5.41) is 3.04. The third kappa shape index (κ3) is 6.58. The number of rotatable bonds is 7. The highest BCUT2D eigenvalue weighted by Gasteiger charge is 2.36. The number of amides is 3. The zero-order valence-corrected chi connectivity index (χ0v) is 22.8. The van der Waals surface area contributed by atoms with Crippen LogP contribution < -0.4 is 10.1 Å². The Hall–Kier alpha value is -2.60. The maximum absolute atomic E-state index is 13.0. The lowest BCUT2D eigenvalue weighted by Gasteiger charge is -2.12. The summed E-state index contributed by atoms with van der Waals surface area (Å²) in [6.45, 7) is -0.193. The monoisotopic (exact) mass is 656 g/mol. The van der Waals surface area contributed by atoms with Crippen molar-refractivity contribution in [2.75, 3.05) is 11.9 Å². The van der Waals surface area contributed by atoms with E-state index in [1.165, 1.54) is 24.3 Å². The van der Waals surface area contributed by atoms with Crippen molar-refractivity contribution in [3.63, 3.8) is 0 Å². The van der Waals surface area contributed by atoms with Crippen LogP contribution in [-0.2, 0) is 16.2 Å². The Kier molecular flexibility index (Phi) is 8.55. The first-order valence-corrected chi connectivity index (χ1v) is 13.0. The Balaban J connectivity index is 1.40. The summed E-state index contributed by atoms with van der Waals surface area (Å²) in [5.74, 6) is -0.942. The van der Waals surface area contributed by atoms with Crippen molar-refractivity contribution in [3.8, 4) is 5.75 Å². The maximum atomic E-state index is 13.0. The Labute approximate surface area is 233 Å². The van der Waals surface area contributed by atoms with Gasteiger partial charge in [-0.25, -0.2) is 4.39 Å². The third-order valence-electron chi connectivity index (χ3n) is 4.96. The molecule has 3 aromatic carbocycles. The second-order valence-electron chi connectivity index (χ2n) is 7.54. The van der Waals surface area contributed by atoms with E-state index in [2.05, 4.69) is 27.9 Å². The molecule has 1 saturated heterocycles. The predicted molar refractivity (Wildman–Crippen MR) is 148 cm³/mol. The lowest BCUT2D eigenvalue weighted by atomic mass is 10.2. The molecule has 0 bridgehead atoms. The molecule has 0 saturated carbocycles. The molecular formula is C25H16Cl2FIN2O4S. The van der Waals surface area contributed by atoms with Gasteiger partial charge in [0.2, 0.25) is 5.91 Å². The highest BCUT2D eigenvalue weighted by Crippen LogP contribution is 2.33. The second-order valence-corrected chi connectivity index (χ2v) is 10.5. The lowest BCUT2D eigenvalue weighted by molar-refractivity contribution is -0.127. The Morgan fingerprint density at radius 3 is 2.53 bits per heavy atom. The minimum Gasteiger partial charge on any atom is -0.488 e. The van der Waals surface area contributed by atoms with Crippen LogP contribution in [0.3, 0.4) is 0 Å². The fourth-order valence-electron chi connectivity index (χ4n) is 3.18. The number of anilines is 1. The van der Waals surface area contributed by atoms with Gasteiger partial charge >= 0.3 is 0 Å². The number of halogens is 4. The molecule has 1 fully saturated rings. The molecule has 11 heteroatoms. The first-order valence-electron chi connectivity index (χ1n) is 10.4. The van der Waals surface area contributed by atoms with Gasteiger partial charge in [0.15, 0.2) is 0 Å². The van der Waals surface area contributed by atoms with Gasteiger partial charge in [0.1, 0.15) is 24.7 Å². The van der Waals surface area contributed by atoms with Gasteiger partial charge in [-0.2, -0.15) is 0 Å². The minimum atomic E-state index is -0.568. The summed E-state index contributed by atoms with van der Waals surface area (Å²) >= 11 is 15.0. The molecule has 3 aromatic rings. The normalized spacial score (nSPS) is 14.4. The van der Waals surface area contributed by atoms with Crippen LogP contribution >= 0.6 is 57.6 Å². The van der Waals surface area contributed by atoms with Crippen molar-refractivity contribution >= 4 is 86.4 Å². The quantitative estimate of drug-likeness (QED) is 0.219. The highest BCUT2D eigenvalue weighted by molar-refractivity contribution is 14.1. The molecule has 0 unspecified atom stereocenters. The molecule has 3 amide bonds. The van der Waals surface area contributed by atoms with E-state index in [1.54, 1.807) is 36.4 Å². The molecule has 1 aliphatic heterocycles. The zero-order valence-electron chi connectivity index (χ0n) is 18.3. The summed E-state index contributed by atoms with van der Waals surface area (Å²) in [6, 6.07) is 15.7. The number of carbonyl (C=O) groups excluding carboxylic acids is 3. The van der Waals surface area contributed by atoms with Crippen molar-refractivity contribution in [3.05, 3.63) is 96.1 Å². The van der Waals surface area contributed by atoms with Crippen LogP contribution in [0.5, 0.6) is 5.75 Å². The highest BCUT2D eigenvalue weighted by atomic mass is 127. The molecule has 0 spiro atoms. The average molecular weight is 657 g/mol. The molecular weight excluding hydrogens is 641 g/mol. The molecule has 0 radical (unpaired) electrons. The SMILES string of the molecule is O=C(CN1C(=O)S/C(=C\c2ccc(OCc3ccc(Cl)cc3Cl)c(I)c2)C1=O)Nc1ccc(F)cc1. The van der Waals surface area contributed by atoms with Gasteiger partial charge in [-0.15, -0.1) is 0 Å². The van der Waals surface area contributed by atoms with E-state index in [-0.39, 0.29) is 11.5 Å². The number of hydrogen-bond donors (Lipinski definition) is 1. The fraction of sp³-hybridized carbons (Fsp3) is 0.0800. The van der Waals surface area contributed by atoms with E-state index in [0.29, 0.717) is 27.0 Å².